The maximum atomic E-state index is 11.6. The Hall–Kier alpha value is -1.40. The molecule has 0 fully saturated rings. The van der Waals surface area contributed by atoms with Crippen molar-refractivity contribution < 1.29 is 9.59 Å². The minimum Gasteiger partial charge on any atom is -0.354 e. The van der Waals surface area contributed by atoms with E-state index in [9.17, 15) is 9.59 Å². The van der Waals surface area contributed by atoms with Crippen molar-refractivity contribution in [3.63, 3.8) is 0 Å². The van der Waals surface area contributed by atoms with Crippen molar-refractivity contribution in [1.29, 1.82) is 0 Å². The molecule has 100 valence electrons. The Bertz CT molecular complexity index is 379. The molecule has 1 aromatic rings. The number of thiophene rings is 1. The van der Waals surface area contributed by atoms with Gasteiger partial charge in [0.15, 0.2) is 0 Å². The lowest BCUT2D eigenvalue weighted by Gasteiger charge is -2.11. The van der Waals surface area contributed by atoms with Crippen LogP contribution in [0.5, 0.6) is 0 Å². The molecule has 1 atom stereocenters. The minimum absolute atomic E-state index is 0.0522. The molecule has 1 heterocycles. The van der Waals surface area contributed by atoms with Crippen LogP contribution in [0.1, 0.15) is 23.0 Å². The fraction of sp³-hybridized carbons (Fsp3) is 0.500. The maximum absolute atomic E-state index is 11.6. The van der Waals surface area contributed by atoms with Crippen LogP contribution in [0.15, 0.2) is 17.5 Å². The van der Waals surface area contributed by atoms with Crippen molar-refractivity contribution >= 4 is 23.2 Å². The Labute approximate surface area is 111 Å². The van der Waals surface area contributed by atoms with Gasteiger partial charge in [-0.1, -0.05) is 6.07 Å². The zero-order valence-corrected chi connectivity index (χ0v) is 11.5. The number of nitrogens with one attached hydrogen (secondary N) is 3. The maximum Gasteiger partial charge on any atom is 0.261 e. The summed E-state index contributed by atoms with van der Waals surface area (Å²) < 4.78 is 0. The van der Waals surface area contributed by atoms with Gasteiger partial charge in [0.2, 0.25) is 5.91 Å². The van der Waals surface area contributed by atoms with Crippen molar-refractivity contribution in [1.82, 2.24) is 16.0 Å². The van der Waals surface area contributed by atoms with Crippen LogP contribution in [0.25, 0.3) is 0 Å². The summed E-state index contributed by atoms with van der Waals surface area (Å²) in [6, 6.07) is 3.83. The summed E-state index contributed by atoms with van der Waals surface area (Å²) in [5.41, 5.74) is 0. The van der Waals surface area contributed by atoms with E-state index in [-0.39, 0.29) is 17.9 Å². The van der Waals surface area contributed by atoms with E-state index in [0.29, 0.717) is 24.4 Å². The minimum atomic E-state index is -0.124. The molecule has 0 spiro atoms. The van der Waals surface area contributed by atoms with E-state index in [1.165, 1.54) is 11.3 Å². The second kappa shape index (κ2) is 7.84. The summed E-state index contributed by atoms with van der Waals surface area (Å²) in [4.78, 5) is 23.7. The molecule has 0 radical (unpaired) electrons. The first kappa shape index (κ1) is 14.7. The first-order valence-electron chi connectivity index (χ1n) is 5.89. The van der Waals surface area contributed by atoms with Crippen molar-refractivity contribution in [2.45, 2.75) is 19.4 Å². The molecule has 0 aromatic carbocycles. The second-order valence-electron chi connectivity index (χ2n) is 3.98. The highest BCUT2D eigenvalue weighted by Crippen LogP contribution is 2.07. The van der Waals surface area contributed by atoms with Crippen LogP contribution in [0, 0.1) is 0 Å². The number of hydrogen-bond acceptors (Lipinski definition) is 4. The SMILES string of the molecule is CNC(C)CNC(=O)CCNC(=O)c1cccs1. The zero-order chi connectivity index (χ0) is 13.4. The molecule has 0 saturated heterocycles. The van der Waals surface area contributed by atoms with Gasteiger partial charge in [0.25, 0.3) is 5.91 Å². The molecule has 0 saturated carbocycles. The molecule has 1 rings (SSSR count). The van der Waals surface area contributed by atoms with Gasteiger partial charge in [0, 0.05) is 25.6 Å². The summed E-state index contributed by atoms with van der Waals surface area (Å²) in [7, 11) is 1.85. The molecular weight excluding hydrogens is 250 g/mol. The molecular formula is C12H19N3O2S. The number of rotatable bonds is 7. The summed E-state index contributed by atoms with van der Waals surface area (Å²) in [6.07, 6.45) is 0.299. The van der Waals surface area contributed by atoms with E-state index >= 15 is 0 Å². The van der Waals surface area contributed by atoms with Crippen LogP contribution in [0.3, 0.4) is 0 Å². The Morgan fingerprint density at radius 3 is 2.78 bits per heavy atom. The molecule has 0 aliphatic heterocycles. The lowest BCUT2D eigenvalue weighted by molar-refractivity contribution is -0.121. The van der Waals surface area contributed by atoms with Crippen LogP contribution in [-0.4, -0.2) is 38.0 Å². The zero-order valence-electron chi connectivity index (χ0n) is 10.7. The van der Waals surface area contributed by atoms with Crippen molar-refractivity contribution in [3.05, 3.63) is 22.4 Å². The highest BCUT2D eigenvalue weighted by atomic mass is 32.1. The largest absolute Gasteiger partial charge is 0.354 e. The Morgan fingerprint density at radius 2 is 2.17 bits per heavy atom. The van der Waals surface area contributed by atoms with E-state index in [4.69, 9.17) is 0 Å². The van der Waals surface area contributed by atoms with Crippen molar-refractivity contribution in [2.75, 3.05) is 20.1 Å². The highest BCUT2D eigenvalue weighted by molar-refractivity contribution is 7.12. The van der Waals surface area contributed by atoms with Crippen LogP contribution in [0.4, 0.5) is 0 Å². The van der Waals surface area contributed by atoms with Crippen LogP contribution in [-0.2, 0) is 4.79 Å². The lowest BCUT2D eigenvalue weighted by atomic mass is 10.3. The van der Waals surface area contributed by atoms with Gasteiger partial charge in [-0.25, -0.2) is 0 Å². The number of carbonyl (C=O) groups is 2. The van der Waals surface area contributed by atoms with Crippen LogP contribution >= 0.6 is 11.3 Å². The number of likely N-dealkylation sites (N-methyl/N-ethyl adjacent to an activating group) is 1. The predicted octanol–water partition coefficient (Wildman–Crippen LogP) is 0.592. The molecule has 0 bridgehead atoms. The van der Waals surface area contributed by atoms with E-state index in [1.807, 2.05) is 25.4 Å². The van der Waals surface area contributed by atoms with Crippen LogP contribution < -0.4 is 16.0 Å². The highest BCUT2D eigenvalue weighted by Gasteiger charge is 2.07. The van der Waals surface area contributed by atoms with Gasteiger partial charge in [0.1, 0.15) is 0 Å². The predicted molar refractivity (Wildman–Crippen MR) is 72.8 cm³/mol. The molecule has 2 amide bonds. The molecule has 18 heavy (non-hydrogen) atoms. The second-order valence-corrected chi connectivity index (χ2v) is 4.92. The standard InChI is InChI=1S/C12H19N3O2S/c1-9(13-2)8-15-11(16)5-6-14-12(17)10-4-3-7-18-10/h3-4,7,9,13H,5-6,8H2,1-2H3,(H,14,17)(H,15,16). The molecule has 5 nitrogen and oxygen atoms in total. The fourth-order valence-electron chi connectivity index (χ4n) is 1.24. The summed E-state index contributed by atoms with van der Waals surface area (Å²) in [6.45, 7) is 2.93. The smallest absolute Gasteiger partial charge is 0.261 e. The van der Waals surface area contributed by atoms with E-state index < -0.39 is 0 Å². The quantitative estimate of drug-likeness (QED) is 0.678. The van der Waals surface area contributed by atoms with Gasteiger partial charge in [-0.3, -0.25) is 9.59 Å². The molecule has 0 aliphatic rings. The lowest BCUT2D eigenvalue weighted by Crippen LogP contribution is -2.38. The topological polar surface area (TPSA) is 70.2 Å². The monoisotopic (exact) mass is 269 g/mol. The normalized spacial score (nSPS) is 11.9. The first-order chi connectivity index (χ1) is 8.63. The molecule has 3 N–H and O–H groups in total. The fourth-order valence-corrected chi connectivity index (χ4v) is 1.88. The average Bonchev–Trinajstić information content (AvgIpc) is 2.89. The molecule has 6 heteroatoms. The third-order valence-corrected chi connectivity index (χ3v) is 3.35. The van der Waals surface area contributed by atoms with Gasteiger partial charge in [-0.05, 0) is 25.4 Å². The Morgan fingerprint density at radius 1 is 1.39 bits per heavy atom. The Balaban J connectivity index is 2.14. The third-order valence-electron chi connectivity index (χ3n) is 2.48. The van der Waals surface area contributed by atoms with E-state index in [0.717, 1.165) is 0 Å². The molecule has 1 aromatic heterocycles. The van der Waals surface area contributed by atoms with Crippen molar-refractivity contribution in [3.8, 4) is 0 Å². The van der Waals surface area contributed by atoms with Gasteiger partial charge in [0.05, 0.1) is 4.88 Å². The Kier molecular flexibility index (Phi) is 6.38. The summed E-state index contributed by atoms with van der Waals surface area (Å²) >= 11 is 1.39. The van der Waals surface area contributed by atoms with Crippen molar-refractivity contribution in [2.24, 2.45) is 0 Å². The molecule has 1 unspecified atom stereocenters. The summed E-state index contributed by atoms with van der Waals surface area (Å²) in [5, 5.41) is 10.4. The summed E-state index contributed by atoms with van der Waals surface area (Å²) in [5.74, 6) is -0.176. The van der Waals surface area contributed by atoms with E-state index in [1.54, 1.807) is 6.07 Å². The number of amides is 2. The van der Waals surface area contributed by atoms with Gasteiger partial charge in [-0.2, -0.15) is 0 Å². The van der Waals surface area contributed by atoms with Gasteiger partial charge >= 0.3 is 0 Å². The number of hydrogen-bond donors (Lipinski definition) is 3. The van der Waals surface area contributed by atoms with Crippen LogP contribution in [0.2, 0.25) is 0 Å². The third kappa shape index (κ3) is 5.29. The first-order valence-corrected chi connectivity index (χ1v) is 6.77. The average molecular weight is 269 g/mol. The van der Waals surface area contributed by atoms with Gasteiger partial charge < -0.3 is 16.0 Å². The van der Waals surface area contributed by atoms with Gasteiger partial charge in [-0.15, -0.1) is 11.3 Å². The number of carbonyl (C=O) groups excluding carboxylic acids is 2. The molecule has 0 aliphatic carbocycles. The van der Waals surface area contributed by atoms with E-state index in [2.05, 4.69) is 16.0 Å².